The van der Waals surface area contributed by atoms with Gasteiger partial charge in [-0.25, -0.2) is 9.97 Å². The summed E-state index contributed by atoms with van der Waals surface area (Å²) in [6.07, 6.45) is 6.37. The molecule has 0 saturated heterocycles. The molecule has 0 saturated carbocycles. The first-order chi connectivity index (χ1) is 12.8. The monoisotopic (exact) mass is 349 g/mol. The lowest BCUT2D eigenvalue weighted by Gasteiger charge is -2.09. The van der Waals surface area contributed by atoms with Gasteiger partial charge >= 0.3 is 0 Å². The maximum atomic E-state index is 12.1. The Balaban J connectivity index is 1.55. The maximum absolute atomic E-state index is 12.1. The van der Waals surface area contributed by atoms with Crippen molar-refractivity contribution in [3.05, 3.63) is 77.9 Å². The molecular weight excluding hydrogens is 330 g/mol. The first-order valence-electron chi connectivity index (χ1n) is 8.11. The summed E-state index contributed by atoms with van der Waals surface area (Å²) in [5.41, 5.74) is 2.38. The standard InChI is InChI=1S/C19H19N5O2/c1-26-17-5-3-2-4-15(17)11-22-19-23-12-16(13-24-19)18(25)21-10-14-6-8-20-9-7-14/h2-9,12-13H,10-11H2,1H3,(H,21,25)(H,22,23,24). The summed E-state index contributed by atoms with van der Waals surface area (Å²) in [7, 11) is 1.63. The number of nitrogens with one attached hydrogen (secondary N) is 2. The van der Waals surface area contributed by atoms with Crippen molar-refractivity contribution in [3.8, 4) is 5.75 Å². The molecule has 7 nitrogen and oxygen atoms in total. The number of ether oxygens (including phenoxy) is 1. The molecule has 0 aliphatic heterocycles. The molecule has 7 heteroatoms. The molecular formula is C19H19N5O2. The van der Waals surface area contributed by atoms with Gasteiger partial charge in [0.2, 0.25) is 5.95 Å². The minimum atomic E-state index is -0.224. The third kappa shape index (κ3) is 4.54. The van der Waals surface area contributed by atoms with Crippen molar-refractivity contribution < 1.29 is 9.53 Å². The van der Waals surface area contributed by atoms with E-state index < -0.39 is 0 Å². The summed E-state index contributed by atoms with van der Waals surface area (Å²) in [5, 5.41) is 5.94. The second kappa shape index (κ2) is 8.57. The Hall–Kier alpha value is -3.48. The Labute approximate surface area is 151 Å². The van der Waals surface area contributed by atoms with Crippen molar-refractivity contribution in [3.63, 3.8) is 0 Å². The molecule has 1 amide bonds. The SMILES string of the molecule is COc1ccccc1CNc1ncc(C(=O)NCc2ccncc2)cn1. The second-order valence-electron chi connectivity index (χ2n) is 5.50. The number of anilines is 1. The van der Waals surface area contributed by atoms with Crippen molar-refractivity contribution in [2.75, 3.05) is 12.4 Å². The average Bonchev–Trinajstić information content (AvgIpc) is 2.72. The highest BCUT2D eigenvalue weighted by Gasteiger charge is 2.08. The summed E-state index contributed by atoms with van der Waals surface area (Å²) in [6, 6.07) is 11.4. The van der Waals surface area contributed by atoms with Gasteiger partial charge in [-0.15, -0.1) is 0 Å². The molecule has 0 aliphatic rings. The molecule has 3 aromatic rings. The zero-order chi connectivity index (χ0) is 18.2. The van der Waals surface area contributed by atoms with Crippen molar-refractivity contribution >= 4 is 11.9 Å². The predicted molar refractivity (Wildman–Crippen MR) is 97.8 cm³/mol. The number of para-hydroxylation sites is 1. The Morgan fingerprint density at radius 2 is 1.77 bits per heavy atom. The smallest absolute Gasteiger partial charge is 0.254 e. The van der Waals surface area contributed by atoms with Crippen LogP contribution in [0, 0.1) is 0 Å². The third-order valence-corrected chi connectivity index (χ3v) is 3.75. The molecule has 0 aliphatic carbocycles. The number of hydrogen-bond donors (Lipinski definition) is 2. The van der Waals surface area contributed by atoms with Crippen LogP contribution in [0.25, 0.3) is 0 Å². The molecule has 132 valence electrons. The first-order valence-corrected chi connectivity index (χ1v) is 8.11. The van der Waals surface area contributed by atoms with Crippen LogP contribution in [-0.4, -0.2) is 28.0 Å². The van der Waals surface area contributed by atoms with E-state index in [4.69, 9.17) is 4.74 Å². The van der Waals surface area contributed by atoms with E-state index in [-0.39, 0.29) is 5.91 Å². The highest BCUT2D eigenvalue weighted by atomic mass is 16.5. The molecule has 0 spiro atoms. The molecule has 2 aromatic heterocycles. The number of amides is 1. The molecule has 2 N–H and O–H groups in total. The van der Waals surface area contributed by atoms with Gasteiger partial charge in [-0.3, -0.25) is 9.78 Å². The fourth-order valence-electron chi connectivity index (χ4n) is 2.34. The predicted octanol–water partition coefficient (Wildman–Crippen LogP) is 2.42. The lowest BCUT2D eigenvalue weighted by Crippen LogP contribution is -2.23. The quantitative estimate of drug-likeness (QED) is 0.681. The van der Waals surface area contributed by atoms with Gasteiger partial charge in [-0.2, -0.15) is 0 Å². The highest BCUT2D eigenvalue weighted by Crippen LogP contribution is 2.17. The molecule has 0 fully saturated rings. The minimum absolute atomic E-state index is 0.224. The number of carbonyl (C=O) groups excluding carboxylic acids is 1. The Kier molecular flexibility index (Phi) is 5.72. The fourth-order valence-corrected chi connectivity index (χ4v) is 2.34. The summed E-state index contributed by atoms with van der Waals surface area (Å²) in [5.74, 6) is 1.02. The summed E-state index contributed by atoms with van der Waals surface area (Å²) >= 11 is 0. The largest absolute Gasteiger partial charge is 0.496 e. The fraction of sp³-hybridized carbons (Fsp3) is 0.158. The van der Waals surface area contributed by atoms with Gasteiger partial charge in [-0.1, -0.05) is 18.2 Å². The minimum Gasteiger partial charge on any atom is -0.496 e. The maximum Gasteiger partial charge on any atom is 0.254 e. The van der Waals surface area contributed by atoms with Gasteiger partial charge < -0.3 is 15.4 Å². The lowest BCUT2D eigenvalue weighted by molar-refractivity contribution is 0.0950. The van der Waals surface area contributed by atoms with Crippen LogP contribution < -0.4 is 15.4 Å². The van der Waals surface area contributed by atoms with Crippen LogP contribution >= 0.6 is 0 Å². The van der Waals surface area contributed by atoms with Gasteiger partial charge in [0.05, 0.1) is 12.7 Å². The van der Waals surface area contributed by atoms with Gasteiger partial charge in [0.15, 0.2) is 0 Å². The van der Waals surface area contributed by atoms with Gasteiger partial charge in [0.25, 0.3) is 5.91 Å². The van der Waals surface area contributed by atoms with Crippen molar-refractivity contribution in [2.24, 2.45) is 0 Å². The number of aromatic nitrogens is 3. The lowest BCUT2D eigenvalue weighted by atomic mass is 10.2. The average molecular weight is 349 g/mol. The molecule has 2 heterocycles. The van der Waals surface area contributed by atoms with Gasteiger partial charge in [-0.05, 0) is 23.8 Å². The number of nitrogens with zero attached hydrogens (tertiary/aromatic N) is 3. The second-order valence-corrected chi connectivity index (χ2v) is 5.50. The zero-order valence-corrected chi connectivity index (χ0v) is 14.3. The van der Waals surface area contributed by atoms with Crippen LogP contribution in [-0.2, 0) is 13.1 Å². The first kappa shape index (κ1) is 17.3. The van der Waals surface area contributed by atoms with Crippen LogP contribution in [0.15, 0.2) is 61.2 Å². The van der Waals surface area contributed by atoms with Crippen LogP contribution in [0.5, 0.6) is 5.75 Å². The summed E-state index contributed by atoms with van der Waals surface area (Å²) in [4.78, 5) is 24.5. The van der Waals surface area contributed by atoms with Crippen molar-refractivity contribution in [2.45, 2.75) is 13.1 Å². The Morgan fingerprint density at radius 3 is 2.50 bits per heavy atom. The molecule has 0 unspecified atom stereocenters. The van der Waals surface area contributed by atoms with Crippen LogP contribution in [0.2, 0.25) is 0 Å². The number of pyridine rings is 1. The van der Waals surface area contributed by atoms with E-state index >= 15 is 0 Å². The molecule has 3 rings (SSSR count). The number of carbonyl (C=O) groups is 1. The van der Waals surface area contributed by atoms with E-state index in [1.807, 2.05) is 36.4 Å². The summed E-state index contributed by atoms with van der Waals surface area (Å²) < 4.78 is 5.31. The van der Waals surface area contributed by atoms with Crippen LogP contribution in [0.1, 0.15) is 21.5 Å². The zero-order valence-electron chi connectivity index (χ0n) is 14.3. The van der Waals surface area contributed by atoms with E-state index in [0.29, 0.717) is 24.6 Å². The molecule has 1 aromatic carbocycles. The van der Waals surface area contributed by atoms with Crippen molar-refractivity contribution in [1.29, 1.82) is 0 Å². The molecule has 0 radical (unpaired) electrons. The Bertz CT molecular complexity index is 853. The van der Waals surface area contributed by atoms with E-state index in [1.54, 1.807) is 19.5 Å². The van der Waals surface area contributed by atoms with Crippen LogP contribution in [0.4, 0.5) is 5.95 Å². The van der Waals surface area contributed by atoms with E-state index in [1.165, 1.54) is 12.4 Å². The van der Waals surface area contributed by atoms with Gasteiger partial charge in [0.1, 0.15) is 5.75 Å². The van der Waals surface area contributed by atoms with Crippen LogP contribution in [0.3, 0.4) is 0 Å². The highest BCUT2D eigenvalue weighted by molar-refractivity contribution is 5.93. The normalized spacial score (nSPS) is 10.2. The van der Waals surface area contributed by atoms with Crippen molar-refractivity contribution in [1.82, 2.24) is 20.3 Å². The van der Waals surface area contributed by atoms with E-state index in [9.17, 15) is 4.79 Å². The molecule has 0 bridgehead atoms. The van der Waals surface area contributed by atoms with E-state index in [0.717, 1.165) is 16.9 Å². The number of rotatable bonds is 7. The molecule has 0 atom stereocenters. The van der Waals surface area contributed by atoms with E-state index in [2.05, 4.69) is 25.6 Å². The number of benzene rings is 1. The molecule has 26 heavy (non-hydrogen) atoms. The Morgan fingerprint density at radius 1 is 1.04 bits per heavy atom. The number of methoxy groups -OCH3 is 1. The topological polar surface area (TPSA) is 89.0 Å². The third-order valence-electron chi connectivity index (χ3n) is 3.75. The van der Waals surface area contributed by atoms with Gasteiger partial charge in [0, 0.05) is 43.4 Å². The summed E-state index contributed by atoms with van der Waals surface area (Å²) in [6.45, 7) is 0.951. The number of hydrogen-bond acceptors (Lipinski definition) is 6.